The lowest BCUT2D eigenvalue weighted by Gasteiger charge is -2.07. The lowest BCUT2D eigenvalue weighted by Crippen LogP contribution is -1.91. The van der Waals surface area contributed by atoms with Crippen LogP contribution in [0, 0.1) is 0 Å². The van der Waals surface area contributed by atoms with Crippen LogP contribution in [-0.4, -0.2) is 4.98 Å². The molecular weight excluding hydrogens is 309 g/mol. The van der Waals surface area contributed by atoms with Crippen molar-refractivity contribution in [1.29, 1.82) is 0 Å². The fourth-order valence-corrected chi connectivity index (χ4v) is 2.53. The summed E-state index contributed by atoms with van der Waals surface area (Å²) in [5.74, 6) is 0. The number of halogens is 3. The number of rotatable bonds is 2. The molecule has 2 aromatic rings. The van der Waals surface area contributed by atoms with Gasteiger partial charge in [-0.1, -0.05) is 52.5 Å². The third-order valence-corrected chi connectivity index (χ3v) is 3.75. The SMILES string of the molecule is CCCc1cc2c(Br)ccc(Cl)c2nc1Cl. The predicted octanol–water partition coefficient (Wildman–Crippen LogP) is 5.26. The second-order valence-corrected chi connectivity index (χ2v) is 5.23. The van der Waals surface area contributed by atoms with E-state index in [0.29, 0.717) is 10.2 Å². The van der Waals surface area contributed by atoms with Gasteiger partial charge in [-0.05, 0) is 30.2 Å². The third-order valence-electron chi connectivity index (χ3n) is 2.43. The molecule has 16 heavy (non-hydrogen) atoms. The maximum atomic E-state index is 6.12. The van der Waals surface area contributed by atoms with Crippen LogP contribution in [-0.2, 0) is 6.42 Å². The van der Waals surface area contributed by atoms with Gasteiger partial charge in [-0.2, -0.15) is 0 Å². The fraction of sp³-hybridized carbons (Fsp3) is 0.250. The maximum Gasteiger partial charge on any atom is 0.133 e. The summed E-state index contributed by atoms with van der Waals surface area (Å²) in [6.07, 6.45) is 1.98. The van der Waals surface area contributed by atoms with Gasteiger partial charge in [0.15, 0.2) is 0 Å². The maximum absolute atomic E-state index is 6.12. The van der Waals surface area contributed by atoms with Gasteiger partial charge in [0.1, 0.15) is 5.15 Å². The van der Waals surface area contributed by atoms with Crippen LogP contribution in [0.5, 0.6) is 0 Å². The highest BCUT2D eigenvalue weighted by Gasteiger charge is 2.09. The van der Waals surface area contributed by atoms with E-state index in [9.17, 15) is 0 Å². The number of pyridine rings is 1. The molecule has 1 heterocycles. The smallest absolute Gasteiger partial charge is 0.133 e. The molecular formula is C12H10BrCl2N. The Morgan fingerprint density at radius 1 is 1.31 bits per heavy atom. The van der Waals surface area contributed by atoms with Gasteiger partial charge in [-0.3, -0.25) is 0 Å². The minimum Gasteiger partial charge on any atom is -0.234 e. The van der Waals surface area contributed by atoms with E-state index >= 15 is 0 Å². The molecule has 0 aliphatic carbocycles. The van der Waals surface area contributed by atoms with Crippen LogP contribution in [0.2, 0.25) is 10.2 Å². The molecule has 0 saturated heterocycles. The molecule has 0 N–H and O–H groups in total. The molecule has 0 radical (unpaired) electrons. The lowest BCUT2D eigenvalue weighted by molar-refractivity contribution is 0.917. The Bertz CT molecular complexity index is 540. The van der Waals surface area contributed by atoms with Gasteiger partial charge in [-0.25, -0.2) is 4.98 Å². The van der Waals surface area contributed by atoms with E-state index in [1.54, 1.807) is 0 Å². The largest absolute Gasteiger partial charge is 0.234 e. The zero-order valence-electron chi connectivity index (χ0n) is 8.73. The molecule has 0 unspecified atom stereocenters. The van der Waals surface area contributed by atoms with Crippen molar-refractivity contribution in [3.8, 4) is 0 Å². The molecule has 0 spiro atoms. The van der Waals surface area contributed by atoms with Crippen LogP contribution >= 0.6 is 39.1 Å². The molecule has 84 valence electrons. The quantitative estimate of drug-likeness (QED) is 0.688. The van der Waals surface area contributed by atoms with Crippen molar-refractivity contribution < 1.29 is 0 Å². The molecule has 2 rings (SSSR count). The number of nitrogens with zero attached hydrogens (tertiary/aromatic N) is 1. The van der Waals surface area contributed by atoms with E-state index in [2.05, 4.69) is 33.9 Å². The average Bonchev–Trinajstić information content (AvgIpc) is 2.26. The van der Waals surface area contributed by atoms with Crippen LogP contribution in [0.25, 0.3) is 10.9 Å². The molecule has 1 aromatic carbocycles. The van der Waals surface area contributed by atoms with Crippen molar-refractivity contribution in [2.24, 2.45) is 0 Å². The summed E-state index contributed by atoms with van der Waals surface area (Å²) in [7, 11) is 0. The second kappa shape index (κ2) is 4.91. The molecule has 0 aliphatic heterocycles. The summed E-state index contributed by atoms with van der Waals surface area (Å²) >= 11 is 15.7. The first-order valence-electron chi connectivity index (χ1n) is 5.06. The van der Waals surface area contributed by atoms with E-state index in [1.165, 1.54) is 0 Å². The summed E-state index contributed by atoms with van der Waals surface area (Å²) in [4.78, 5) is 4.36. The Labute approximate surface area is 113 Å². The van der Waals surface area contributed by atoms with Crippen molar-refractivity contribution in [2.45, 2.75) is 19.8 Å². The van der Waals surface area contributed by atoms with E-state index in [4.69, 9.17) is 23.2 Å². The first kappa shape index (κ1) is 12.2. The van der Waals surface area contributed by atoms with Crippen LogP contribution in [0.1, 0.15) is 18.9 Å². The summed E-state index contributed by atoms with van der Waals surface area (Å²) < 4.78 is 0.994. The molecule has 0 amide bonds. The Kier molecular flexibility index (Phi) is 3.73. The highest BCUT2D eigenvalue weighted by Crippen LogP contribution is 2.31. The van der Waals surface area contributed by atoms with Gasteiger partial charge in [0.05, 0.1) is 10.5 Å². The zero-order valence-corrected chi connectivity index (χ0v) is 11.8. The van der Waals surface area contributed by atoms with Crippen molar-refractivity contribution in [1.82, 2.24) is 4.98 Å². The van der Waals surface area contributed by atoms with E-state index in [-0.39, 0.29) is 0 Å². The Morgan fingerprint density at radius 3 is 2.75 bits per heavy atom. The van der Waals surface area contributed by atoms with E-state index in [1.807, 2.05) is 12.1 Å². The summed E-state index contributed by atoms with van der Waals surface area (Å²) in [5, 5.41) is 2.19. The Hall–Kier alpha value is -0.310. The number of fused-ring (bicyclic) bond motifs is 1. The molecule has 1 aromatic heterocycles. The van der Waals surface area contributed by atoms with Gasteiger partial charge in [-0.15, -0.1) is 0 Å². The summed E-state index contributed by atoms with van der Waals surface area (Å²) in [5.41, 5.74) is 1.82. The number of hydrogen-bond donors (Lipinski definition) is 0. The fourth-order valence-electron chi connectivity index (χ4n) is 1.66. The Balaban J connectivity index is 2.73. The van der Waals surface area contributed by atoms with E-state index in [0.717, 1.165) is 33.8 Å². The first-order valence-corrected chi connectivity index (χ1v) is 6.61. The van der Waals surface area contributed by atoms with Crippen LogP contribution in [0.4, 0.5) is 0 Å². The monoisotopic (exact) mass is 317 g/mol. The molecule has 0 saturated carbocycles. The number of aryl methyl sites for hydroxylation is 1. The second-order valence-electron chi connectivity index (χ2n) is 3.61. The van der Waals surface area contributed by atoms with Crippen LogP contribution < -0.4 is 0 Å². The van der Waals surface area contributed by atoms with Crippen molar-refractivity contribution in [3.05, 3.63) is 38.4 Å². The minimum absolute atomic E-state index is 0.550. The van der Waals surface area contributed by atoms with Gasteiger partial charge >= 0.3 is 0 Å². The standard InChI is InChI=1S/C12H10BrCl2N/c1-2-3-7-6-8-9(13)4-5-10(14)11(8)16-12(7)15/h4-6H,2-3H2,1H3. The summed E-state index contributed by atoms with van der Waals surface area (Å²) in [6.45, 7) is 2.12. The highest BCUT2D eigenvalue weighted by molar-refractivity contribution is 9.10. The van der Waals surface area contributed by atoms with Crippen molar-refractivity contribution in [2.75, 3.05) is 0 Å². The van der Waals surface area contributed by atoms with E-state index < -0.39 is 0 Å². The van der Waals surface area contributed by atoms with Crippen molar-refractivity contribution in [3.63, 3.8) is 0 Å². The molecule has 1 nitrogen and oxygen atoms in total. The van der Waals surface area contributed by atoms with Gasteiger partial charge in [0, 0.05) is 9.86 Å². The third kappa shape index (κ3) is 2.20. The molecule has 4 heteroatoms. The number of aromatic nitrogens is 1. The molecule has 0 bridgehead atoms. The highest BCUT2D eigenvalue weighted by atomic mass is 79.9. The molecule has 0 fully saturated rings. The van der Waals surface area contributed by atoms with Gasteiger partial charge < -0.3 is 0 Å². The lowest BCUT2D eigenvalue weighted by atomic mass is 10.1. The summed E-state index contributed by atoms with van der Waals surface area (Å²) in [6, 6.07) is 5.80. The number of benzene rings is 1. The predicted molar refractivity (Wildman–Crippen MR) is 73.5 cm³/mol. The van der Waals surface area contributed by atoms with Crippen molar-refractivity contribution >= 4 is 50.0 Å². The normalized spacial score (nSPS) is 11.0. The molecule has 0 atom stereocenters. The van der Waals surface area contributed by atoms with Gasteiger partial charge in [0.25, 0.3) is 0 Å². The minimum atomic E-state index is 0.550. The van der Waals surface area contributed by atoms with Crippen LogP contribution in [0.15, 0.2) is 22.7 Å². The van der Waals surface area contributed by atoms with Crippen LogP contribution in [0.3, 0.4) is 0 Å². The topological polar surface area (TPSA) is 12.9 Å². The molecule has 0 aliphatic rings. The zero-order chi connectivity index (χ0) is 11.7. The first-order chi connectivity index (χ1) is 7.63. The van der Waals surface area contributed by atoms with Gasteiger partial charge in [0.2, 0.25) is 0 Å². The Morgan fingerprint density at radius 2 is 2.06 bits per heavy atom. The number of hydrogen-bond acceptors (Lipinski definition) is 1. The average molecular weight is 319 g/mol.